The average Bonchev–Trinajstić information content (AvgIpc) is 2.69. The SMILES string of the molecule is Cn1c(=O)c2ccc(C(=O)NCC3(c4cccc(Br)c4)CCC3)nc2n(C)c1=O. The van der Waals surface area contributed by atoms with Crippen molar-refractivity contribution in [3.63, 3.8) is 0 Å². The minimum absolute atomic E-state index is 0.0704. The summed E-state index contributed by atoms with van der Waals surface area (Å²) in [5, 5.41) is 3.30. The molecule has 1 aliphatic carbocycles. The van der Waals surface area contributed by atoms with E-state index in [0.717, 1.165) is 28.3 Å². The van der Waals surface area contributed by atoms with Gasteiger partial charge in [0.2, 0.25) is 0 Å². The molecule has 3 aromatic rings. The van der Waals surface area contributed by atoms with Gasteiger partial charge in [0.25, 0.3) is 11.5 Å². The van der Waals surface area contributed by atoms with Crippen molar-refractivity contribution in [2.45, 2.75) is 24.7 Å². The zero-order valence-corrected chi connectivity index (χ0v) is 17.8. The molecule has 1 aliphatic rings. The molecular weight excluding hydrogens is 436 g/mol. The van der Waals surface area contributed by atoms with Crippen LogP contribution in [0.15, 0.2) is 50.5 Å². The van der Waals surface area contributed by atoms with E-state index in [1.807, 2.05) is 12.1 Å². The number of amides is 1. The Kier molecular flexibility index (Phi) is 4.90. The number of pyridine rings is 1. The third-order valence-electron chi connectivity index (χ3n) is 5.87. The van der Waals surface area contributed by atoms with Crippen LogP contribution in [0.3, 0.4) is 0 Å². The topological polar surface area (TPSA) is 86.0 Å². The van der Waals surface area contributed by atoms with Crippen LogP contribution < -0.4 is 16.6 Å². The molecule has 2 heterocycles. The summed E-state index contributed by atoms with van der Waals surface area (Å²) in [4.78, 5) is 41.5. The number of carbonyl (C=O) groups excluding carboxylic acids is 1. The monoisotopic (exact) mass is 456 g/mol. The molecule has 0 unspecified atom stereocenters. The first kappa shape index (κ1) is 19.6. The average molecular weight is 457 g/mol. The maximum absolute atomic E-state index is 12.8. The number of rotatable bonds is 4. The summed E-state index contributed by atoms with van der Waals surface area (Å²) in [5.41, 5.74) is 0.622. The van der Waals surface area contributed by atoms with Gasteiger partial charge in [0, 0.05) is 30.5 Å². The number of aromatic nitrogens is 3. The fourth-order valence-corrected chi connectivity index (χ4v) is 4.31. The number of hydrogen-bond donors (Lipinski definition) is 1. The molecule has 0 bridgehead atoms. The lowest BCUT2D eigenvalue weighted by Gasteiger charge is -2.42. The number of nitrogens with one attached hydrogen (secondary N) is 1. The van der Waals surface area contributed by atoms with Crippen molar-refractivity contribution >= 4 is 32.9 Å². The standard InChI is InChI=1S/C21H21BrN4O3/c1-25-17-15(19(28)26(2)20(25)29)7-8-16(24-17)18(27)23-12-21(9-4-10-21)13-5-3-6-14(22)11-13/h3,5-8,11H,4,9-10,12H2,1-2H3,(H,23,27). The molecule has 29 heavy (non-hydrogen) atoms. The lowest BCUT2D eigenvalue weighted by Crippen LogP contribution is -2.45. The zero-order valence-electron chi connectivity index (χ0n) is 16.2. The smallest absolute Gasteiger partial charge is 0.332 e. The van der Waals surface area contributed by atoms with E-state index in [0.29, 0.717) is 11.9 Å². The van der Waals surface area contributed by atoms with Crippen molar-refractivity contribution in [3.05, 3.63) is 73.0 Å². The van der Waals surface area contributed by atoms with Crippen molar-refractivity contribution in [1.82, 2.24) is 19.4 Å². The number of carbonyl (C=O) groups is 1. The molecular formula is C21H21BrN4O3. The summed E-state index contributed by atoms with van der Waals surface area (Å²) in [5.74, 6) is -0.318. The second-order valence-electron chi connectivity index (χ2n) is 7.60. The number of halogens is 1. The first-order chi connectivity index (χ1) is 13.8. The molecule has 1 N–H and O–H groups in total. The molecule has 0 spiro atoms. The summed E-state index contributed by atoms with van der Waals surface area (Å²) in [7, 11) is 2.96. The molecule has 0 atom stereocenters. The third kappa shape index (κ3) is 3.31. The summed E-state index contributed by atoms with van der Waals surface area (Å²) in [6.07, 6.45) is 3.15. The highest BCUT2D eigenvalue weighted by Gasteiger charge is 2.39. The third-order valence-corrected chi connectivity index (χ3v) is 6.36. The van der Waals surface area contributed by atoms with Crippen LogP contribution in [-0.4, -0.2) is 26.6 Å². The van der Waals surface area contributed by atoms with Crippen molar-refractivity contribution in [3.8, 4) is 0 Å². The number of fused-ring (bicyclic) bond motifs is 1. The van der Waals surface area contributed by atoms with E-state index >= 15 is 0 Å². The maximum Gasteiger partial charge on any atom is 0.332 e. The Labute approximate surface area is 175 Å². The molecule has 0 radical (unpaired) electrons. The van der Waals surface area contributed by atoms with Gasteiger partial charge in [-0.15, -0.1) is 0 Å². The Morgan fingerprint density at radius 3 is 2.59 bits per heavy atom. The van der Waals surface area contributed by atoms with Gasteiger partial charge < -0.3 is 5.32 Å². The quantitative estimate of drug-likeness (QED) is 0.652. The highest BCUT2D eigenvalue weighted by molar-refractivity contribution is 9.10. The number of nitrogens with zero attached hydrogens (tertiary/aromatic N) is 3. The van der Waals surface area contributed by atoms with E-state index in [9.17, 15) is 14.4 Å². The van der Waals surface area contributed by atoms with E-state index < -0.39 is 11.2 Å². The second-order valence-corrected chi connectivity index (χ2v) is 8.52. The lowest BCUT2D eigenvalue weighted by atomic mass is 9.64. The first-order valence-corrected chi connectivity index (χ1v) is 10.2. The van der Waals surface area contributed by atoms with Crippen molar-refractivity contribution in [2.24, 2.45) is 14.1 Å². The molecule has 4 rings (SSSR count). The van der Waals surface area contributed by atoms with Gasteiger partial charge in [0.05, 0.1) is 5.39 Å². The van der Waals surface area contributed by atoms with E-state index in [1.54, 1.807) is 6.07 Å². The van der Waals surface area contributed by atoms with Crippen LogP contribution in [0.25, 0.3) is 11.0 Å². The first-order valence-electron chi connectivity index (χ1n) is 9.43. The summed E-state index contributed by atoms with van der Waals surface area (Å²) in [6, 6.07) is 11.3. The van der Waals surface area contributed by atoms with Gasteiger partial charge in [-0.1, -0.05) is 34.5 Å². The van der Waals surface area contributed by atoms with E-state index in [1.165, 1.54) is 30.3 Å². The summed E-state index contributed by atoms with van der Waals surface area (Å²) in [6.45, 7) is 0.511. The predicted octanol–water partition coefficient (Wildman–Crippen LogP) is 2.25. The molecule has 150 valence electrons. The van der Waals surface area contributed by atoms with Crippen molar-refractivity contribution < 1.29 is 4.79 Å². The van der Waals surface area contributed by atoms with Gasteiger partial charge in [-0.3, -0.25) is 18.7 Å². The largest absolute Gasteiger partial charge is 0.350 e. The minimum atomic E-state index is -0.476. The van der Waals surface area contributed by atoms with Gasteiger partial charge in [-0.2, -0.15) is 0 Å². The van der Waals surface area contributed by atoms with Crippen molar-refractivity contribution in [2.75, 3.05) is 6.54 Å². The van der Waals surface area contributed by atoms with Crippen LogP contribution in [0.1, 0.15) is 35.3 Å². The van der Waals surface area contributed by atoms with E-state index in [4.69, 9.17) is 0 Å². The Balaban J connectivity index is 1.61. The van der Waals surface area contributed by atoms with Crippen molar-refractivity contribution in [1.29, 1.82) is 0 Å². The Morgan fingerprint density at radius 2 is 1.93 bits per heavy atom. The van der Waals surface area contributed by atoms with Crippen LogP contribution in [0.4, 0.5) is 0 Å². The summed E-state index contributed by atoms with van der Waals surface area (Å²) >= 11 is 3.52. The fourth-order valence-electron chi connectivity index (χ4n) is 3.91. The van der Waals surface area contributed by atoms with E-state index in [2.05, 4.69) is 38.4 Å². The number of benzene rings is 1. The molecule has 1 amide bonds. The van der Waals surface area contributed by atoms with Crippen LogP contribution >= 0.6 is 15.9 Å². The fraction of sp³-hybridized carbons (Fsp3) is 0.333. The molecule has 1 fully saturated rings. The molecule has 2 aromatic heterocycles. The minimum Gasteiger partial charge on any atom is -0.350 e. The Hall–Kier alpha value is -2.74. The molecule has 0 aliphatic heterocycles. The number of aryl methyl sites for hydroxylation is 1. The van der Waals surface area contributed by atoms with Gasteiger partial charge >= 0.3 is 5.69 Å². The van der Waals surface area contributed by atoms with Crippen LogP contribution in [0.5, 0.6) is 0 Å². The normalized spacial score (nSPS) is 15.1. The molecule has 0 saturated heterocycles. The van der Waals surface area contributed by atoms with Gasteiger partial charge in [-0.05, 0) is 42.7 Å². The second kappa shape index (κ2) is 7.26. The van der Waals surface area contributed by atoms with Crippen LogP contribution in [0, 0.1) is 0 Å². The molecule has 1 saturated carbocycles. The highest BCUT2D eigenvalue weighted by Crippen LogP contribution is 2.43. The van der Waals surface area contributed by atoms with Gasteiger partial charge in [0.15, 0.2) is 0 Å². The maximum atomic E-state index is 12.8. The Morgan fingerprint density at radius 1 is 1.17 bits per heavy atom. The lowest BCUT2D eigenvalue weighted by molar-refractivity contribution is 0.0923. The number of hydrogen-bond acceptors (Lipinski definition) is 4. The van der Waals surface area contributed by atoms with Crippen LogP contribution in [-0.2, 0) is 19.5 Å². The highest BCUT2D eigenvalue weighted by atomic mass is 79.9. The Bertz CT molecular complexity index is 1240. The predicted molar refractivity (Wildman–Crippen MR) is 114 cm³/mol. The van der Waals surface area contributed by atoms with Crippen LogP contribution in [0.2, 0.25) is 0 Å². The zero-order chi connectivity index (χ0) is 20.8. The molecule has 7 nitrogen and oxygen atoms in total. The summed E-state index contributed by atoms with van der Waals surface area (Å²) < 4.78 is 3.33. The van der Waals surface area contributed by atoms with Gasteiger partial charge in [-0.25, -0.2) is 9.78 Å². The van der Waals surface area contributed by atoms with Gasteiger partial charge in [0.1, 0.15) is 11.3 Å². The molecule has 1 aromatic carbocycles. The molecule has 8 heteroatoms. The van der Waals surface area contributed by atoms with E-state index in [-0.39, 0.29) is 22.7 Å².